The predicted molar refractivity (Wildman–Crippen MR) is 66.9 cm³/mol. The number of nitrogens with zero attached hydrogens (tertiary/aromatic N) is 1. The summed E-state index contributed by atoms with van der Waals surface area (Å²) in [4.78, 5) is 25.1. The van der Waals surface area contributed by atoms with Gasteiger partial charge < -0.3 is 15.7 Å². The number of nitrogens with two attached hydrogens (primary N) is 1. The third kappa shape index (κ3) is 2.83. The lowest BCUT2D eigenvalue weighted by Crippen LogP contribution is -2.49. The predicted octanol–water partition coefficient (Wildman–Crippen LogP) is 0.827. The summed E-state index contributed by atoms with van der Waals surface area (Å²) in [5.41, 5.74) is 6.02. The molecular formula is C13H22N2O3. The summed E-state index contributed by atoms with van der Waals surface area (Å²) < 4.78 is 0. The zero-order valence-corrected chi connectivity index (χ0v) is 10.7. The van der Waals surface area contributed by atoms with Crippen LogP contribution < -0.4 is 5.73 Å². The zero-order valence-electron chi connectivity index (χ0n) is 10.7. The van der Waals surface area contributed by atoms with Gasteiger partial charge in [0.1, 0.15) is 0 Å². The van der Waals surface area contributed by atoms with E-state index in [0.29, 0.717) is 19.5 Å². The molecule has 1 heterocycles. The molecule has 1 aliphatic carbocycles. The van der Waals surface area contributed by atoms with E-state index in [4.69, 9.17) is 10.8 Å². The van der Waals surface area contributed by atoms with Gasteiger partial charge >= 0.3 is 5.97 Å². The smallest absolute Gasteiger partial charge is 0.308 e. The molecule has 3 atom stereocenters. The second kappa shape index (κ2) is 5.69. The summed E-state index contributed by atoms with van der Waals surface area (Å²) in [5, 5.41) is 9.04. The van der Waals surface area contributed by atoms with Crippen molar-refractivity contribution in [2.75, 3.05) is 13.1 Å². The molecule has 0 radical (unpaired) electrons. The molecule has 102 valence electrons. The van der Waals surface area contributed by atoms with Gasteiger partial charge in [0.25, 0.3) is 0 Å². The maximum atomic E-state index is 12.4. The molecule has 0 aromatic carbocycles. The van der Waals surface area contributed by atoms with E-state index in [1.807, 2.05) is 0 Å². The Balaban J connectivity index is 1.97. The van der Waals surface area contributed by atoms with E-state index < -0.39 is 11.9 Å². The number of carbonyl (C=O) groups excluding carboxylic acids is 1. The standard InChI is InChI=1S/C13H22N2O3/c14-11-6-2-1-5-10(11)12(16)15-7-3-4-9(8-15)13(17)18/h9-11H,1-8,14H2,(H,17,18)/t9-,10?,11?/m1/s1. The Morgan fingerprint density at radius 3 is 2.50 bits per heavy atom. The summed E-state index contributed by atoms with van der Waals surface area (Å²) in [7, 11) is 0. The summed E-state index contributed by atoms with van der Waals surface area (Å²) in [6.45, 7) is 1.04. The lowest BCUT2D eigenvalue weighted by molar-refractivity contribution is -0.147. The van der Waals surface area contributed by atoms with Crippen LogP contribution in [0.25, 0.3) is 0 Å². The molecule has 1 saturated carbocycles. The third-order valence-electron chi connectivity index (χ3n) is 4.22. The van der Waals surface area contributed by atoms with Gasteiger partial charge in [0.15, 0.2) is 0 Å². The lowest BCUT2D eigenvalue weighted by atomic mass is 9.83. The van der Waals surface area contributed by atoms with Gasteiger partial charge in [-0.1, -0.05) is 12.8 Å². The van der Waals surface area contributed by atoms with Gasteiger partial charge in [0, 0.05) is 19.1 Å². The van der Waals surface area contributed by atoms with Crippen LogP contribution in [0.3, 0.4) is 0 Å². The lowest BCUT2D eigenvalue weighted by Gasteiger charge is -2.36. The summed E-state index contributed by atoms with van der Waals surface area (Å²) in [6.07, 6.45) is 5.38. The van der Waals surface area contributed by atoms with Crippen LogP contribution in [-0.4, -0.2) is 41.0 Å². The first-order valence-corrected chi connectivity index (χ1v) is 6.86. The minimum absolute atomic E-state index is 0.0449. The summed E-state index contributed by atoms with van der Waals surface area (Å²) in [5.74, 6) is -1.21. The zero-order chi connectivity index (χ0) is 13.1. The molecule has 2 fully saturated rings. The number of carboxylic acid groups (broad SMARTS) is 1. The fraction of sp³-hybridized carbons (Fsp3) is 0.846. The van der Waals surface area contributed by atoms with Crippen molar-refractivity contribution in [3.63, 3.8) is 0 Å². The topological polar surface area (TPSA) is 83.6 Å². The van der Waals surface area contributed by atoms with Crippen LogP contribution >= 0.6 is 0 Å². The number of carboxylic acids is 1. The van der Waals surface area contributed by atoms with Gasteiger partial charge in [0.05, 0.1) is 11.8 Å². The Labute approximate surface area is 107 Å². The highest BCUT2D eigenvalue weighted by molar-refractivity contribution is 5.81. The highest BCUT2D eigenvalue weighted by atomic mass is 16.4. The van der Waals surface area contributed by atoms with Gasteiger partial charge in [-0.15, -0.1) is 0 Å². The quantitative estimate of drug-likeness (QED) is 0.764. The number of hydrogen-bond acceptors (Lipinski definition) is 3. The Hall–Kier alpha value is -1.10. The number of likely N-dealkylation sites (tertiary alicyclic amines) is 1. The molecule has 1 amide bonds. The maximum absolute atomic E-state index is 12.4. The van der Waals surface area contributed by atoms with Crippen LogP contribution in [0.1, 0.15) is 38.5 Å². The number of amides is 1. The van der Waals surface area contributed by atoms with Crippen LogP contribution in [0.2, 0.25) is 0 Å². The molecule has 0 spiro atoms. The summed E-state index contributed by atoms with van der Waals surface area (Å²) in [6, 6.07) is -0.0449. The minimum atomic E-state index is -0.791. The van der Waals surface area contributed by atoms with Crippen molar-refractivity contribution in [2.24, 2.45) is 17.6 Å². The molecule has 2 aliphatic rings. The Morgan fingerprint density at radius 1 is 1.11 bits per heavy atom. The summed E-state index contributed by atoms with van der Waals surface area (Å²) >= 11 is 0. The van der Waals surface area contributed by atoms with Crippen molar-refractivity contribution in [2.45, 2.75) is 44.6 Å². The van der Waals surface area contributed by atoms with E-state index >= 15 is 0 Å². The molecule has 0 bridgehead atoms. The first-order valence-electron chi connectivity index (χ1n) is 6.86. The van der Waals surface area contributed by atoms with Gasteiger partial charge in [-0.05, 0) is 25.7 Å². The highest BCUT2D eigenvalue weighted by Crippen LogP contribution is 2.27. The Morgan fingerprint density at radius 2 is 1.83 bits per heavy atom. The normalized spacial score (nSPS) is 33.2. The molecular weight excluding hydrogens is 232 g/mol. The maximum Gasteiger partial charge on any atom is 0.308 e. The molecule has 2 unspecified atom stereocenters. The van der Waals surface area contributed by atoms with Crippen LogP contribution in [0.5, 0.6) is 0 Å². The Bertz CT molecular complexity index is 332. The number of hydrogen-bond donors (Lipinski definition) is 2. The molecule has 3 N–H and O–H groups in total. The van der Waals surface area contributed by atoms with Gasteiger partial charge in [-0.3, -0.25) is 9.59 Å². The highest BCUT2D eigenvalue weighted by Gasteiger charge is 2.35. The fourth-order valence-electron chi connectivity index (χ4n) is 3.08. The third-order valence-corrected chi connectivity index (χ3v) is 4.22. The monoisotopic (exact) mass is 254 g/mol. The fourth-order valence-corrected chi connectivity index (χ4v) is 3.08. The van der Waals surface area contributed by atoms with E-state index in [1.165, 1.54) is 0 Å². The number of aliphatic carboxylic acids is 1. The molecule has 2 rings (SSSR count). The minimum Gasteiger partial charge on any atom is -0.481 e. The van der Waals surface area contributed by atoms with Crippen LogP contribution in [0, 0.1) is 11.8 Å². The SMILES string of the molecule is NC1CCCCC1C(=O)N1CCC[C@@H](C(=O)O)C1. The average Bonchev–Trinajstić information content (AvgIpc) is 2.38. The second-order valence-electron chi connectivity index (χ2n) is 5.52. The van der Waals surface area contributed by atoms with E-state index in [2.05, 4.69) is 0 Å². The van der Waals surface area contributed by atoms with Crippen molar-refractivity contribution in [1.29, 1.82) is 0 Å². The van der Waals surface area contributed by atoms with Crippen molar-refractivity contribution in [1.82, 2.24) is 4.90 Å². The first-order chi connectivity index (χ1) is 8.59. The van der Waals surface area contributed by atoms with Crippen molar-refractivity contribution >= 4 is 11.9 Å². The molecule has 1 aliphatic heterocycles. The molecule has 5 nitrogen and oxygen atoms in total. The number of rotatable bonds is 2. The van der Waals surface area contributed by atoms with Crippen molar-refractivity contribution in [3.8, 4) is 0 Å². The molecule has 1 saturated heterocycles. The van der Waals surface area contributed by atoms with E-state index in [9.17, 15) is 9.59 Å². The van der Waals surface area contributed by atoms with Crippen LogP contribution in [0.4, 0.5) is 0 Å². The van der Waals surface area contributed by atoms with Crippen LogP contribution in [-0.2, 0) is 9.59 Å². The van der Waals surface area contributed by atoms with Crippen molar-refractivity contribution in [3.05, 3.63) is 0 Å². The largest absolute Gasteiger partial charge is 0.481 e. The van der Waals surface area contributed by atoms with Gasteiger partial charge in [-0.2, -0.15) is 0 Å². The van der Waals surface area contributed by atoms with E-state index in [0.717, 1.165) is 32.1 Å². The van der Waals surface area contributed by atoms with Crippen LogP contribution in [0.15, 0.2) is 0 Å². The van der Waals surface area contributed by atoms with Gasteiger partial charge in [-0.25, -0.2) is 0 Å². The number of piperidine rings is 1. The van der Waals surface area contributed by atoms with Crippen molar-refractivity contribution < 1.29 is 14.7 Å². The molecule has 0 aromatic heterocycles. The first kappa shape index (κ1) is 13.3. The second-order valence-corrected chi connectivity index (χ2v) is 5.52. The van der Waals surface area contributed by atoms with E-state index in [-0.39, 0.29) is 17.9 Å². The molecule has 0 aromatic rings. The Kier molecular flexibility index (Phi) is 4.22. The molecule has 18 heavy (non-hydrogen) atoms. The molecule has 5 heteroatoms. The average molecular weight is 254 g/mol. The number of carbonyl (C=O) groups is 2. The van der Waals surface area contributed by atoms with Gasteiger partial charge in [0.2, 0.25) is 5.91 Å². The van der Waals surface area contributed by atoms with E-state index in [1.54, 1.807) is 4.90 Å².